The van der Waals surface area contributed by atoms with Gasteiger partial charge in [-0.3, -0.25) is 0 Å². The molecule has 42 valence electrons. The molecule has 0 aliphatic rings. The Morgan fingerprint density at radius 2 is 1.17 bits per heavy atom. The summed E-state index contributed by atoms with van der Waals surface area (Å²) in [4.78, 5) is 0. The van der Waals surface area contributed by atoms with Gasteiger partial charge in [0.1, 0.15) is 0 Å². The molecule has 0 rings (SSSR count). The van der Waals surface area contributed by atoms with Gasteiger partial charge in [0.05, 0.1) is 0 Å². The smallest absolute Gasteiger partial charge is 0.0491 e. The number of nitrogens with two attached hydrogens (primary N) is 2. The Labute approximate surface area is 72.1 Å². The van der Waals surface area contributed by atoms with Crippen LogP contribution in [0.15, 0.2) is 0 Å². The van der Waals surface area contributed by atoms with Crippen molar-refractivity contribution in [2.75, 3.05) is 0 Å². The van der Waals surface area contributed by atoms with Crippen LogP contribution in [0.1, 0.15) is 6.92 Å². The average Bonchev–Trinajstić information content (AvgIpc) is 0.811. The molecule has 0 aromatic rings. The van der Waals surface area contributed by atoms with Crippen LogP contribution in [0.3, 0.4) is 0 Å². The molecule has 0 fully saturated rings. The van der Waals surface area contributed by atoms with Crippen LogP contribution in [0.5, 0.6) is 0 Å². The van der Waals surface area contributed by atoms with Gasteiger partial charge in [-0.1, -0.05) is 0 Å². The van der Waals surface area contributed by atoms with Gasteiger partial charge in [-0.25, -0.2) is 0 Å². The van der Waals surface area contributed by atoms with E-state index in [2.05, 4.69) is 0 Å². The van der Waals surface area contributed by atoms with Gasteiger partial charge in [-0.2, -0.15) is 0 Å². The third kappa shape index (κ3) is 54.2. The highest BCUT2D eigenvalue weighted by Gasteiger charge is 1.66. The van der Waals surface area contributed by atoms with Gasteiger partial charge < -0.3 is 11.5 Å². The zero-order valence-electron chi connectivity index (χ0n) is 3.55. The quantitative estimate of drug-likeness (QED) is 0.505. The maximum absolute atomic E-state index is 4.89. The first-order valence-electron chi connectivity index (χ1n) is 1.24. The molecular weight excluding hydrogens is 306 g/mol. The molecule has 0 aliphatic carbocycles. The first-order chi connectivity index (χ1) is 1.73. The van der Waals surface area contributed by atoms with Gasteiger partial charge in [0.25, 0.3) is 0 Å². The molecule has 0 amide bonds. The molecule has 2 nitrogen and oxygen atoms in total. The highest BCUT2D eigenvalue weighted by Crippen LogP contribution is 1.41. The van der Waals surface area contributed by atoms with Crippen LogP contribution in [0.4, 0.5) is 0 Å². The number of hydrogen-bond acceptors (Lipinski definition) is 2. The van der Waals surface area contributed by atoms with Crippen molar-refractivity contribution in [1.82, 2.24) is 0 Å². The van der Waals surface area contributed by atoms with Crippen LogP contribution in [-0.2, 0) is 0 Å². The van der Waals surface area contributed by atoms with Gasteiger partial charge in [0.15, 0.2) is 0 Å². The minimum absolute atomic E-state index is 0. The summed E-state index contributed by atoms with van der Waals surface area (Å²) in [6.07, 6.45) is -0.167. The summed E-state index contributed by atoms with van der Waals surface area (Å²) >= 11 is 0. The van der Waals surface area contributed by atoms with E-state index in [1.54, 1.807) is 6.92 Å². The van der Waals surface area contributed by atoms with Gasteiger partial charge in [-0.05, 0) is 6.92 Å². The van der Waals surface area contributed by atoms with Crippen LogP contribution in [0, 0.1) is 0 Å². The van der Waals surface area contributed by atoms with Crippen molar-refractivity contribution in [3.05, 3.63) is 0 Å². The van der Waals surface area contributed by atoms with Gasteiger partial charge in [-0.15, -0.1) is 48.0 Å². The Bertz CT molecular complexity index is 14.3. The normalized spacial score (nSPS) is 6.00. The fourth-order valence-corrected chi connectivity index (χ4v) is 0. The number of halogens is 2. The molecule has 0 aromatic carbocycles. The standard InChI is InChI=1S/C2H8N2.2HI/c1-2(3)4;;/h2H,3-4H2,1H3;2*1H. The maximum atomic E-state index is 4.89. The third-order valence-corrected chi connectivity index (χ3v) is 0. The van der Waals surface area contributed by atoms with Gasteiger partial charge in [0.2, 0.25) is 0 Å². The van der Waals surface area contributed by atoms with Crippen LogP contribution in [-0.4, -0.2) is 6.17 Å². The molecule has 4 N–H and O–H groups in total. The lowest BCUT2D eigenvalue weighted by molar-refractivity contribution is 0.790. The van der Waals surface area contributed by atoms with Crippen LogP contribution < -0.4 is 11.5 Å². The molecule has 6 heavy (non-hydrogen) atoms. The minimum atomic E-state index is -0.167. The first-order valence-corrected chi connectivity index (χ1v) is 1.24. The van der Waals surface area contributed by atoms with Crippen LogP contribution in [0.25, 0.3) is 0 Å². The number of rotatable bonds is 0. The number of hydrogen-bond donors (Lipinski definition) is 2. The second-order valence-corrected chi connectivity index (χ2v) is 0.859. The molecule has 0 unspecified atom stereocenters. The van der Waals surface area contributed by atoms with E-state index in [1.165, 1.54) is 0 Å². The SMILES string of the molecule is CC(N)N.I.I. The largest absolute Gasteiger partial charge is 0.316 e. The zero-order valence-corrected chi connectivity index (χ0v) is 8.21. The Hall–Kier alpha value is 1.38. The molecule has 0 saturated heterocycles. The van der Waals surface area contributed by atoms with E-state index in [9.17, 15) is 0 Å². The summed E-state index contributed by atoms with van der Waals surface area (Å²) < 4.78 is 0. The predicted molar refractivity (Wildman–Crippen MR) is 48.7 cm³/mol. The van der Waals surface area contributed by atoms with Crippen LogP contribution in [0.2, 0.25) is 0 Å². The Morgan fingerprint density at radius 3 is 1.17 bits per heavy atom. The monoisotopic (exact) mass is 316 g/mol. The Balaban J connectivity index is -0.0000000450. The lowest BCUT2D eigenvalue weighted by Crippen LogP contribution is -2.25. The highest BCUT2D eigenvalue weighted by atomic mass is 127. The molecule has 0 atom stereocenters. The second-order valence-electron chi connectivity index (χ2n) is 0.859. The van der Waals surface area contributed by atoms with Gasteiger partial charge in [0, 0.05) is 6.17 Å². The lowest BCUT2D eigenvalue weighted by atomic mass is 10.7. The summed E-state index contributed by atoms with van der Waals surface area (Å²) in [7, 11) is 0. The zero-order chi connectivity index (χ0) is 3.58. The fourth-order valence-electron chi connectivity index (χ4n) is 0. The Kier molecular flexibility index (Phi) is 25.1. The van der Waals surface area contributed by atoms with Crippen molar-refractivity contribution in [3.8, 4) is 0 Å². The molecule has 0 radical (unpaired) electrons. The van der Waals surface area contributed by atoms with Crippen LogP contribution >= 0.6 is 48.0 Å². The van der Waals surface area contributed by atoms with E-state index >= 15 is 0 Å². The maximum Gasteiger partial charge on any atom is 0.0491 e. The molecular formula is C2H10I2N2. The first kappa shape index (κ1) is 15.7. The fraction of sp³-hybridized carbons (Fsp3) is 1.00. The lowest BCUT2D eigenvalue weighted by Gasteiger charge is -1.83. The summed E-state index contributed by atoms with van der Waals surface area (Å²) in [5, 5.41) is 0. The molecule has 0 bridgehead atoms. The molecule has 0 aromatic heterocycles. The van der Waals surface area contributed by atoms with E-state index < -0.39 is 0 Å². The summed E-state index contributed by atoms with van der Waals surface area (Å²) in [5.74, 6) is 0. The van der Waals surface area contributed by atoms with E-state index in [0.717, 1.165) is 0 Å². The molecule has 0 spiro atoms. The molecule has 0 saturated carbocycles. The van der Waals surface area contributed by atoms with Crippen molar-refractivity contribution in [3.63, 3.8) is 0 Å². The van der Waals surface area contributed by atoms with Crippen molar-refractivity contribution in [1.29, 1.82) is 0 Å². The van der Waals surface area contributed by atoms with E-state index in [-0.39, 0.29) is 54.1 Å². The van der Waals surface area contributed by atoms with Crippen molar-refractivity contribution in [2.24, 2.45) is 11.5 Å². The predicted octanol–water partition coefficient (Wildman–Crippen LogP) is 0.486. The minimum Gasteiger partial charge on any atom is -0.316 e. The molecule has 0 heterocycles. The van der Waals surface area contributed by atoms with E-state index in [0.29, 0.717) is 0 Å². The van der Waals surface area contributed by atoms with Crippen molar-refractivity contribution < 1.29 is 0 Å². The molecule has 0 aliphatic heterocycles. The van der Waals surface area contributed by atoms with E-state index in [1.807, 2.05) is 0 Å². The summed E-state index contributed by atoms with van der Waals surface area (Å²) in [6.45, 7) is 1.72. The highest BCUT2D eigenvalue weighted by molar-refractivity contribution is 14.0. The third-order valence-electron chi connectivity index (χ3n) is 0. The Morgan fingerprint density at radius 1 is 1.17 bits per heavy atom. The summed E-state index contributed by atoms with van der Waals surface area (Å²) in [6, 6.07) is 0. The topological polar surface area (TPSA) is 52.0 Å². The second kappa shape index (κ2) is 9.63. The summed E-state index contributed by atoms with van der Waals surface area (Å²) in [5.41, 5.74) is 9.78. The van der Waals surface area contributed by atoms with E-state index in [4.69, 9.17) is 11.5 Å². The van der Waals surface area contributed by atoms with Crippen molar-refractivity contribution >= 4 is 48.0 Å². The van der Waals surface area contributed by atoms with Crippen molar-refractivity contribution in [2.45, 2.75) is 13.1 Å². The van der Waals surface area contributed by atoms with Gasteiger partial charge >= 0.3 is 0 Å². The molecule has 4 heteroatoms. The average molecular weight is 316 g/mol.